The first kappa shape index (κ1) is 12.2. The lowest BCUT2D eigenvalue weighted by Crippen LogP contribution is -1.94. The number of nitrogens with zero attached hydrogens (tertiary/aromatic N) is 1. The molecule has 0 amide bonds. The molecule has 90 valence electrons. The zero-order valence-electron chi connectivity index (χ0n) is 10.1. The number of hydrogen-bond acceptors (Lipinski definition) is 4. The monoisotopic (exact) mass is 248 g/mol. The van der Waals surface area contributed by atoms with E-state index >= 15 is 0 Å². The molecule has 0 aliphatic carbocycles. The van der Waals surface area contributed by atoms with E-state index in [2.05, 4.69) is 17.1 Å². The van der Waals surface area contributed by atoms with Gasteiger partial charge in [0.25, 0.3) is 0 Å². The quantitative estimate of drug-likeness (QED) is 0.513. The smallest absolute Gasteiger partial charge is 0.0556 e. The lowest BCUT2D eigenvalue weighted by molar-refractivity contribution is 0.218. The Hall–Kier alpha value is -1.26. The third-order valence-electron chi connectivity index (χ3n) is 2.58. The molecule has 0 bridgehead atoms. The Labute approximate surface area is 105 Å². The lowest BCUT2D eigenvalue weighted by atomic mass is 10.1. The molecule has 2 rings (SSSR count). The number of nitrogen functional groups attached to an aromatic ring is 1. The van der Waals surface area contributed by atoms with E-state index in [4.69, 9.17) is 10.5 Å². The summed E-state index contributed by atoms with van der Waals surface area (Å²) in [5.41, 5.74) is 7.75. The average Bonchev–Trinajstić information content (AvgIpc) is 2.32. The van der Waals surface area contributed by atoms with Gasteiger partial charge in [0.2, 0.25) is 0 Å². The second kappa shape index (κ2) is 5.38. The highest BCUT2D eigenvalue weighted by atomic mass is 32.2. The molecule has 0 atom stereocenters. The summed E-state index contributed by atoms with van der Waals surface area (Å²) in [6.45, 7) is 2.74. The van der Waals surface area contributed by atoms with Crippen LogP contribution in [0.3, 0.4) is 0 Å². The number of thioether (sulfide) groups is 1. The van der Waals surface area contributed by atoms with E-state index in [-0.39, 0.29) is 0 Å². The van der Waals surface area contributed by atoms with Crippen molar-refractivity contribution in [1.29, 1.82) is 0 Å². The zero-order valence-corrected chi connectivity index (χ0v) is 10.9. The summed E-state index contributed by atoms with van der Waals surface area (Å²) in [6, 6.07) is 6.09. The second-order valence-corrected chi connectivity index (χ2v) is 5.00. The van der Waals surface area contributed by atoms with Crippen molar-refractivity contribution in [3.05, 3.63) is 30.1 Å². The first-order valence-corrected chi connectivity index (χ1v) is 6.47. The van der Waals surface area contributed by atoms with E-state index in [1.807, 2.05) is 19.2 Å². The Morgan fingerprint density at radius 3 is 2.94 bits per heavy atom. The Morgan fingerprint density at radius 1 is 1.35 bits per heavy atom. The van der Waals surface area contributed by atoms with Gasteiger partial charge in [-0.25, -0.2) is 0 Å². The minimum Gasteiger partial charge on any atom is -0.398 e. The van der Waals surface area contributed by atoms with Crippen LogP contribution in [0.2, 0.25) is 0 Å². The number of fused-ring (bicyclic) bond motifs is 1. The largest absolute Gasteiger partial charge is 0.398 e. The van der Waals surface area contributed by atoms with Crippen LogP contribution >= 0.6 is 11.8 Å². The third kappa shape index (κ3) is 2.70. The number of anilines is 1. The molecule has 0 unspecified atom stereocenters. The number of aromatic nitrogens is 1. The fraction of sp³-hybridized carbons (Fsp3) is 0.308. The number of rotatable bonds is 4. The third-order valence-corrected chi connectivity index (χ3v) is 3.61. The number of benzene rings is 1. The van der Waals surface area contributed by atoms with Crippen molar-refractivity contribution in [3.8, 4) is 0 Å². The molecular formula is C13H16N2OS. The highest BCUT2D eigenvalue weighted by Crippen LogP contribution is 2.31. The van der Waals surface area contributed by atoms with E-state index in [1.165, 1.54) is 10.3 Å². The van der Waals surface area contributed by atoms with Crippen LogP contribution < -0.4 is 5.73 Å². The van der Waals surface area contributed by atoms with Gasteiger partial charge in [0.1, 0.15) is 0 Å². The number of nitrogens with two attached hydrogens (primary N) is 1. The van der Waals surface area contributed by atoms with Crippen molar-refractivity contribution in [2.45, 2.75) is 11.8 Å². The van der Waals surface area contributed by atoms with Crippen LogP contribution in [0.25, 0.3) is 10.8 Å². The summed E-state index contributed by atoms with van der Waals surface area (Å²) in [7, 11) is 1.72. The summed E-state index contributed by atoms with van der Waals surface area (Å²) < 4.78 is 5.07. The first-order valence-electron chi connectivity index (χ1n) is 5.49. The van der Waals surface area contributed by atoms with Crippen molar-refractivity contribution in [2.75, 3.05) is 25.2 Å². The number of ether oxygens (including phenoxy) is 1. The minimum atomic E-state index is 0.751. The molecule has 0 saturated carbocycles. The van der Waals surface area contributed by atoms with Crippen LogP contribution in [-0.4, -0.2) is 24.5 Å². The maximum atomic E-state index is 5.96. The molecule has 0 aliphatic heterocycles. The molecule has 1 aromatic heterocycles. The van der Waals surface area contributed by atoms with Gasteiger partial charge in [0, 0.05) is 46.1 Å². The van der Waals surface area contributed by atoms with Crippen LogP contribution in [0.4, 0.5) is 5.69 Å². The van der Waals surface area contributed by atoms with E-state index in [1.54, 1.807) is 18.9 Å². The molecular weight excluding hydrogens is 232 g/mol. The number of aryl methyl sites for hydroxylation is 1. The summed E-state index contributed by atoms with van der Waals surface area (Å²) in [5, 5.41) is 2.21. The predicted molar refractivity (Wildman–Crippen MR) is 73.5 cm³/mol. The molecule has 0 radical (unpaired) electrons. The van der Waals surface area contributed by atoms with Gasteiger partial charge in [-0.15, -0.1) is 11.8 Å². The van der Waals surface area contributed by atoms with Gasteiger partial charge in [-0.05, 0) is 25.1 Å². The fourth-order valence-electron chi connectivity index (χ4n) is 1.70. The predicted octanol–water partition coefficient (Wildman–Crippen LogP) is 2.86. The van der Waals surface area contributed by atoms with Gasteiger partial charge in [-0.3, -0.25) is 4.98 Å². The molecule has 1 aromatic carbocycles. The Morgan fingerprint density at radius 2 is 2.18 bits per heavy atom. The van der Waals surface area contributed by atoms with Crippen molar-refractivity contribution >= 4 is 28.2 Å². The summed E-state index contributed by atoms with van der Waals surface area (Å²) in [6.07, 6.45) is 1.85. The van der Waals surface area contributed by atoms with E-state index in [0.717, 1.165) is 29.1 Å². The average molecular weight is 248 g/mol. The summed E-state index contributed by atoms with van der Waals surface area (Å²) in [4.78, 5) is 5.52. The molecule has 2 N–H and O–H groups in total. The normalized spacial score (nSPS) is 10.9. The van der Waals surface area contributed by atoms with E-state index in [9.17, 15) is 0 Å². The van der Waals surface area contributed by atoms with Gasteiger partial charge in [0.15, 0.2) is 0 Å². The summed E-state index contributed by atoms with van der Waals surface area (Å²) in [5.74, 6) is 0.941. The molecule has 0 spiro atoms. The van der Waals surface area contributed by atoms with Crippen LogP contribution in [0.5, 0.6) is 0 Å². The van der Waals surface area contributed by atoms with Crippen molar-refractivity contribution < 1.29 is 4.74 Å². The number of hydrogen-bond donors (Lipinski definition) is 1. The number of methoxy groups -OCH3 is 1. The van der Waals surface area contributed by atoms with Crippen molar-refractivity contribution in [3.63, 3.8) is 0 Å². The van der Waals surface area contributed by atoms with Gasteiger partial charge in [-0.1, -0.05) is 0 Å². The Balaban J connectivity index is 2.41. The van der Waals surface area contributed by atoms with Gasteiger partial charge in [-0.2, -0.15) is 0 Å². The van der Waals surface area contributed by atoms with Crippen LogP contribution in [0.15, 0.2) is 29.3 Å². The van der Waals surface area contributed by atoms with Crippen LogP contribution in [0, 0.1) is 6.92 Å². The van der Waals surface area contributed by atoms with Gasteiger partial charge >= 0.3 is 0 Å². The molecule has 0 aliphatic rings. The van der Waals surface area contributed by atoms with E-state index in [0.29, 0.717) is 0 Å². The van der Waals surface area contributed by atoms with Crippen molar-refractivity contribution in [1.82, 2.24) is 4.98 Å². The van der Waals surface area contributed by atoms with Crippen LogP contribution in [0.1, 0.15) is 5.69 Å². The molecule has 1 heterocycles. The molecule has 4 heteroatoms. The standard InChI is InChI=1S/C13H16N2OS/c1-9-7-10-11(8-15-9)12(14)3-4-13(10)17-6-5-16-2/h3-4,7-8H,5-6,14H2,1-2H3. The first-order chi connectivity index (χ1) is 8.22. The highest BCUT2D eigenvalue weighted by molar-refractivity contribution is 7.99. The molecule has 2 aromatic rings. The van der Waals surface area contributed by atoms with Crippen molar-refractivity contribution in [2.24, 2.45) is 0 Å². The topological polar surface area (TPSA) is 48.1 Å². The maximum absolute atomic E-state index is 5.96. The molecule has 0 saturated heterocycles. The zero-order chi connectivity index (χ0) is 12.3. The molecule has 17 heavy (non-hydrogen) atoms. The second-order valence-electron chi connectivity index (χ2n) is 3.87. The minimum absolute atomic E-state index is 0.751. The molecule has 0 fully saturated rings. The van der Waals surface area contributed by atoms with Gasteiger partial charge in [0.05, 0.1) is 6.61 Å². The maximum Gasteiger partial charge on any atom is 0.0556 e. The highest BCUT2D eigenvalue weighted by Gasteiger charge is 2.05. The van der Waals surface area contributed by atoms with Gasteiger partial charge < -0.3 is 10.5 Å². The van der Waals surface area contributed by atoms with Crippen LogP contribution in [-0.2, 0) is 4.74 Å². The Kier molecular flexibility index (Phi) is 3.86. The SMILES string of the molecule is COCCSc1ccc(N)c2cnc(C)cc12. The summed E-state index contributed by atoms with van der Waals surface area (Å²) >= 11 is 1.78. The molecule has 3 nitrogen and oxygen atoms in total. The number of pyridine rings is 1. The van der Waals surface area contributed by atoms with E-state index < -0.39 is 0 Å². The lowest BCUT2D eigenvalue weighted by Gasteiger charge is -2.08. The Bertz CT molecular complexity index is 528. The fourth-order valence-corrected chi connectivity index (χ4v) is 2.66.